The van der Waals surface area contributed by atoms with E-state index in [-0.39, 0.29) is 0 Å². The van der Waals surface area contributed by atoms with Gasteiger partial charge in [-0.1, -0.05) is 26.8 Å². The molecule has 0 aliphatic carbocycles. The van der Waals surface area contributed by atoms with Gasteiger partial charge in [0.25, 0.3) is 0 Å². The summed E-state index contributed by atoms with van der Waals surface area (Å²) in [5.41, 5.74) is 3.10. The first-order valence-corrected chi connectivity index (χ1v) is 39.0. The number of fused-ring (bicyclic) bond motifs is 1. The summed E-state index contributed by atoms with van der Waals surface area (Å²) in [6, 6.07) is 6.38. The van der Waals surface area contributed by atoms with Gasteiger partial charge in [0.2, 0.25) is 0 Å². The van der Waals surface area contributed by atoms with Gasteiger partial charge in [-0.25, -0.2) is 0 Å². The van der Waals surface area contributed by atoms with Crippen LogP contribution in [-0.4, -0.2) is 713 Å². The molecular weight excluding hydrogens is 1280 g/mol. The summed E-state index contributed by atoms with van der Waals surface area (Å²) in [6.07, 6.45) is -90.4. The first kappa shape index (κ1) is 119. The third kappa shape index (κ3) is 34.1. The fourth-order valence-corrected chi connectivity index (χ4v) is 19.8. The minimum absolute atomic E-state index is 0.333. The van der Waals surface area contributed by atoms with Crippen molar-refractivity contribution >= 4 is 693 Å². The van der Waals surface area contributed by atoms with Crippen molar-refractivity contribution in [2.75, 3.05) is 19.7 Å². The highest BCUT2D eigenvalue weighted by Crippen LogP contribution is 2.31. The zero-order chi connectivity index (χ0) is 90.7. The molecule has 0 saturated heterocycles. The summed E-state index contributed by atoms with van der Waals surface area (Å²) in [5.74, 6) is 0.981. The second-order valence-electron chi connectivity index (χ2n) is 33.8. The Bertz CT molecular complexity index is 2380. The molecule has 2 N–H and O–H groups in total. The highest BCUT2D eigenvalue weighted by molar-refractivity contribution is 8.44. The highest BCUT2D eigenvalue weighted by atomic mass is 16.5. The maximum Gasteiger partial charge on any atom is 0.119 e. The Kier molecular flexibility index (Phi) is 57.3. The van der Waals surface area contributed by atoms with E-state index < -0.39 is 306 Å². The summed E-state index contributed by atoms with van der Waals surface area (Å²) in [4.78, 5) is 0. The van der Waals surface area contributed by atoms with Crippen molar-refractivity contribution in [2.24, 2.45) is 5.41 Å². The van der Waals surface area contributed by atoms with Gasteiger partial charge in [0, 0.05) is 720 Å². The van der Waals surface area contributed by atoms with Crippen LogP contribution >= 0.6 is 0 Å². The van der Waals surface area contributed by atoms with Gasteiger partial charge in [-0.2, -0.15) is 0 Å². The molecule has 1 heterocycles. The molecule has 2 rings (SSSR count). The topological polar surface area (TPSA) is 33.3 Å². The van der Waals surface area contributed by atoms with Crippen molar-refractivity contribution in [3.8, 4) is 5.75 Å². The lowest BCUT2D eigenvalue weighted by atomic mass is 8.18. The number of nitrogens with one attached hydrogen (secondary N) is 2. The quantitative estimate of drug-likeness (QED) is 0.0504. The van der Waals surface area contributed by atoms with Crippen molar-refractivity contribution in [1.29, 1.82) is 0 Å². The first-order valence-electron chi connectivity index (χ1n) is 39.0. The Hall–Kier alpha value is 5.30. The van der Waals surface area contributed by atoms with Gasteiger partial charge in [0.05, 0.1) is 0 Å². The molecule has 0 fully saturated rings. The van der Waals surface area contributed by atoms with Crippen molar-refractivity contribution < 1.29 is 4.74 Å². The summed E-state index contributed by atoms with van der Waals surface area (Å²) < 4.78 is 5.76. The predicted molar refractivity (Wildman–Crippen MR) is 639 cm³/mol. The lowest BCUT2D eigenvalue weighted by Crippen LogP contribution is -3.01. The van der Waals surface area contributed by atoms with E-state index in [1.165, 1.54) is 11.1 Å². The molecule has 0 bridgehead atoms. The molecule has 0 spiro atoms. The molecule has 3 nitrogen and oxygen atoms in total. The van der Waals surface area contributed by atoms with E-state index in [0.29, 0.717) is 5.41 Å². The van der Waals surface area contributed by atoms with Crippen LogP contribution in [0.3, 0.4) is 0 Å². The van der Waals surface area contributed by atoms with Gasteiger partial charge in [-0.05, 0) is 28.7 Å². The zero-order valence-electron chi connectivity index (χ0n) is 68.3. The Morgan fingerprint density at radius 1 is 0.233 bits per heavy atom. The van der Waals surface area contributed by atoms with Crippen LogP contribution in [0.1, 0.15) is 31.9 Å². The van der Waals surface area contributed by atoms with E-state index in [2.05, 4.69) is 49.6 Å². The first-order chi connectivity index (χ1) is 53.1. The van der Waals surface area contributed by atoms with Crippen molar-refractivity contribution in [1.82, 2.24) is 10.6 Å². The molecule has 1 aromatic rings. The lowest BCUT2D eigenvalue weighted by molar-refractivity contribution is 0.297. The molecule has 0 atom stereocenters. The van der Waals surface area contributed by atoms with E-state index in [1.54, 1.807) is 0 Å². The molecule has 1 aliphatic rings. The van der Waals surface area contributed by atoms with Gasteiger partial charge in [-0.15, -0.1) is 0 Å². The van der Waals surface area contributed by atoms with Gasteiger partial charge in [0.1, 0.15) is 12.4 Å². The van der Waals surface area contributed by atoms with Gasteiger partial charge >= 0.3 is 0 Å². The minimum Gasteiger partial charge on any atom is -0.492 e. The normalized spacial score (nSPS) is 10.6. The second kappa shape index (κ2) is 55.7. The van der Waals surface area contributed by atoms with E-state index >= 15 is 0 Å². The SMILES string of the molecule is CC(C)(C)CNCCOc1ccc2c(c1)CNC2.[B]B([B])B(B([B])[B])B(B([B])[B])B(B(B([B])[B])B([B])[B])B(B(B(B([B])[B])B([B])[B])B(B([B])[B])B([B])[B])B(B(B(B(B([B])[B])B([B])[B])B(B([B])[B])B([B])[B])B(B(B([B])[B])B([B])[B])B(B([B])[B])B([B])[B])B(B(B(B([B])[B])B([B])[B])B(B([B])[B])B([B])[B])B(B(B([B])[B])B([B])[B])B(B([B])[B])B([B])[B]. The van der Waals surface area contributed by atoms with Crippen molar-refractivity contribution in [2.45, 2.75) is 33.9 Å². The number of ether oxygens (including phenoxy) is 1. The largest absolute Gasteiger partial charge is 0.492 e. The van der Waals surface area contributed by atoms with Crippen molar-refractivity contribution in [3.05, 3.63) is 29.3 Å². The fourth-order valence-electron chi connectivity index (χ4n) is 19.8. The Morgan fingerprint density at radius 3 is 0.560 bits per heavy atom. The number of rotatable bonds is 52. The molecule has 100 radical (unpaired) electrons. The monoisotopic (exact) mass is 1330 g/mol. The summed E-state index contributed by atoms with van der Waals surface area (Å²) in [7, 11) is 354. The molecule has 0 aromatic heterocycles. The highest BCUT2D eigenvalue weighted by Gasteiger charge is 2.68. The molecule has 0 unspecified atom stereocenters. The maximum atomic E-state index is 7.26. The van der Waals surface area contributed by atoms with Crippen molar-refractivity contribution in [3.63, 3.8) is 0 Å². The van der Waals surface area contributed by atoms with Crippen LogP contribution in [0.15, 0.2) is 18.2 Å². The van der Waals surface area contributed by atoms with Gasteiger partial charge < -0.3 is 15.4 Å². The Balaban J connectivity index is 0.00000324. The van der Waals surface area contributed by atoms with E-state index in [4.69, 9.17) is 392 Å². The van der Waals surface area contributed by atoms with Crippen LogP contribution in [-0.2, 0) is 13.1 Å². The van der Waals surface area contributed by atoms with Crippen LogP contribution in [0.5, 0.6) is 5.75 Å². The summed E-state index contributed by atoms with van der Waals surface area (Å²) in [5, 5.41) is 6.75. The lowest BCUT2D eigenvalue weighted by Gasteiger charge is -2.63. The van der Waals surface area contributed by atoms with Gasteiger partial charge in [-0.3, -0.25) is 0 Å². The van der Waals surface area contributed by atoms with Crippen LogP contribution < -0.4 is 15.4 Å². The average Bonchev–Trinajstić information content (AvgIpc) is 0.744. The van der Waals surface area contributed by atoms with Crippen LogP contribution in [0.2, 0.25) is 0 Å². The zero-order valence-corrected chi connectivity index (χ0v) is 68.3. The number of benzene rings is 1. The molecule has 0 saturated carbocycles. The molecule has 394 valence electrons. The van der Waals surface area contributed by atoms with Gasteiger partial charge in [0.15, 0.2) is 0 Å². The number of hydrogen-bond acceptors (Lipinski definition) is 3. The molecule has 116 heavy (non-hydrogen) atoms. The Morgan fingerprint density at radius 2 is 0.388 bits per heavy atom. The summed E-state index contributed by atoms with van der Waals surface area (Å²) in [6.45, 7) is 11.3. The fraction of sp³-hybridized carbons (Fsp3) is 0.600. The minimum atomic E-state index is -2.29. The van der Waals surface area contributed by atoms with Crippen LogP contribution in [0, 0.1) is 5.41 Å². The molecule has 1 aromatic carbocycles. The molecule has 101 heteroatoms. The van der Waals surface area contributed by atoms with Crippen LogP contribution in [0.25, 0.3) is 0 Å². The summed E-state index contributed by atoms with van der Waals surface area (Å²) >= 11 is 0. The van der Waals surface area contributed by atoms with E-state index in [1.807, 2.05) is 0 Å². The maximum absolute atomic E-state index is 7.26. The Labute approximate surface area is 794 Å². The van der Waals surface area contributed by atoms with E-state index in [0.717, 1.165) is 38.5 Å². The average molecular weight is 1310 g/mol. The molecule has 0 amide bonds. The van der Waals surface area contributed by atoms with E-state index in [9.17, 15) is 0 Å². The number of hydrogen-bond donors (Lipinski definition) is 2. The molecule has 1 aliphatic heterocycles. The smallest absolute Gasteiger partial charge is 0.119 e. The predicted octanol–water partition coefficient (Wildman–Crippen LogP) is -35.0. The molecular formula is C15H24B98N2O. The standard InChI is InChI=1S/C15H24N2O.B98/c1-15(2,3)11-16-6-7-18-14-5-4-12-9-17-10-13(12)8-14;1-51(2)76(52(3)4)88(75(49)50)94(87(73(45)46)74(47)48)97(93(85(69(37)38)70(39)40)86(71(41)42)72(43)44)98(95(89(77(53(5)6)54(7)8)78(55(9)10)56(11)12)90(79(57(13)14)58(15)16)80(59(17)18)60(19)20)96(91(81(61(21)22)62(23)24)82(63(25)26)64(27)28)92(83(65(29)30)66(31)32)84(67(33)34)68(35)36/h4-5,8,16-17H,6-7,9-11H2,1-3H3;. The third-order valence-electron chi connectivity index (χ3n) is 23.9. The van der Waals surface area contributed by atoms with Crippen LogP contribution in [0.4, 0.5) is 0 Å². The second-order valence-corrected chi connectivity index (χ2v) is 33.8. The third-order valence-corrected chi connectivity index (χ3v) is 23.9.